The molecular formula is C18H20N4O. The van der Waals surface area contributed by atoms with Gasteiger partial charge in [-0.25, -0.2) is 9.97 Å². The number of benzene rings is 1. The predicted molar refractivity (Wildman–Crippen MR) is 89.6 cm³/mol. The third-order valence-electron chi connectivity index (χ3n) is 4.36. The number of ether oxygens (including phenoxy) is 1. The van der Waals surface area contributed by atoms with E-state index in [1.807, 2.05) is 30.5 Å². The number of aromatic nitrogens is 3. The molecule has 1 aliphatic rings. The van der Waals surface area contributed by atoms with Gasteiger partial charge >= 0.3 is 0 Å². The van der Waals surface area contributed by atoms with Crippen LogP contribution >= 0.6 is 0 Å². The molecule has 2 aromatic heterocycles. The van der Waals surface area contributed by atoms with Crippen molar-refractivity contribution in [3.05, 3.63) is 54.0 Å². The van der Waals surface area contributed by atoms with E-state index < -0.39 is 0 Å². The lowest BCUT2D eigenvalue weighted by Crippen LogP contribution is -2.22. The second kappa shape index (κ2) is 6.01. The highest BCUT2D eigenvalue weighted by Gasteiger charge is 2.22. The molecule has 1 aliphatic heterocycles. The fourth-order valence-electron chi connectivity index (χ4n) is 3.28. The molecular weight excluding hydrogens is 288 g/mol. The Kier molecular flexibility index (Phi) is 3.71. The van der Waals surface area contributed by atoms with E-state index in [1.165, 1.54) is 12.0 Å². The fraction of sp³-hybridized carbons (Fsp3) is 0.333. The number of pyridine rings is 1. The van der Waals surface area contributed by atoms with Gasteiger partial charge in [0, 0.05) is 12.6 Å². The summed E-state index contributed by atoms with van der Waals surface area (Å²) in [6, 6.07) is 12.1. The van der Waals surface area contributed by atoms with Crippen molar-refractivity contribution in [2.75, 3.05) is 13.7 Å². The summed E-state index contributed by atoms with van der Waals surface area (Å²) >= 11 is 0. The van der Waals surface area contributed by atoms with E-state index >= 15 is 0 Å². The Labute approximate surface area is 135 Å². The Morgan fingerprint density at radius 2 is 2.26 bits per heavy atom. The van der Waals surface area contributed by atoms with Gasteiger partial charge in [-0.05, 0) is 49.2 Å². The van der Waals surface area contributed by atoms with Crippen molar-refractivity contribution in [2.24, 2.45) is 0 Å². The number of rotatable bonds is 4. The van der Waals surface area contributed by atoms with Gasteiger partial charge < -0.3 is 4.74 Å². The number of nitrogens with one attached hydrogen (secondary N) is 1. The number of hydrogen-bond acceptors (Lipinski definition) is 4. The minimum Gasteiger partial charge on any atom is -0.497 e. The monoisotopic (exact) mass is 308 g/mol. The van der Waals surface area contributed by atoms with Gasteiger partial charge in [0.1, 0.15) is 17.1 Å². The highest BCUT2D eigenvalue weighted by atomic mass is 16.5. The summed E-state index contributed by atoms with van der Waals surface area (Å²) < 4.78 is 7.60. The Bertz CT molecular complexity index is 821. The molecule has 5 heteroatoms. The molecule has 3 aromatic rings. The summed E-state index contributed by atoms with van der Waals surface area (Å²) in [6.07, 6.45) is 5.20. The molecule has 0 radical (unpaired) electrons. The quantitative estimate of drug-likeness (QED) is 0.805. The molecule has 1 aromatic carbocycles. The van der Waals surface area contributed by atoms with Gasteiger partial charge in [-0.15, -0.1) is 0 Å². The lowest BCUT2D eigenvalue weighted by atomic mass is 10.1. The molecule has 0 spiro atoms. The summed E-state index contributed by atoms with van der Waals surface area (Å²) in [7, 11) is 1.70. The zero-order valence-corrected chi connectivity index (χ0v) is 13.2. The van der Waals surface area contributed by atoms with E-state index in [4.69, 9.17) is 9.72 Å². The number of methoxy groups -OCH3 is 1. The molecule has 23 heavy (non-hydrogen) atoms. The molecule has 3 heterocycles. The molecule has 4 rings (SSSR count). The molecule has 118 valence electrons. The second-order valence-corrected chi connectivity index (χ2v) is 5.88. The van der Waals surface area contributed by atoms with Crippen molar-refractivity contribution >= 4 is 11.2 Å². The first kappa shape index (κ1) is 14.2. The molecule has 0 saturated carbocycles. The van der Waals surface area contributed by atoms with Crippen LogP contribution in [0.15, 0.2) is 42.6 Å². The number of nitrogens with zero attached hydrogens (tertiary/aromatic N) is 3. The van der Waals surface area contributed by atoms with Gasteiger partial charge in [0.2, 0.25) is 0 Å². The maximum atomic E-state index is 5.33. The number of imidazole rings is 1. The van der Waals surface area contributed by atoms with E-state index in [0.29, 0.717) is 0 Å². The summed E-state index contributed by atoms with van der Waals surface area (Å²) in [6.45, 7) is 1.05. The van der Waals surface area contributed by atoms with Gasteiger partial charge in [0.05, 0.1) is 13.3 Å². The van der Waals surface area contributed by atoms with Crippen LogP contribution in [0.3, 0.4) is 0 Å². The topological polar surface area (TPSA) is 52.0 Å². The maximum absolute atomic E-state index is 5.33. The average molecular weight is 308 g/mol. The smallest absolute Gasteiger partial charge is 0.161 e. The minimum atomic E-state index is 0.288. The molecule has 1 unspecified atom stereocenters. The standard InChI is InChI=1S/C18H20N4O/c1-23-14-6-2-5-13(11-14)12-17-21-15-7-3-10-20-18(15)22(17)16-8-4-9-19-16/h2-3,5-7,10-11,16,19H,4,8-9,12H2,1H3. The van der Waals surface area contributed by atoms with E-state index in [0.717, 1.165) is 42.1 Å². The van der Waals surface area contributed by atoms with E-state index in [1.54, 1.807) is 7.11 Å². The van der Waals surface area contributed by atoms with Crippen LogP contribution in [0.25, 0.3) is 11.2 Å². The van der Waals surface area contributed by atoms with Crippen molar-refractivity contribution in [1.82, 2.24) is 19.9 Å². The van der Waals surface area contributed by atoms with Crippen molar-refractivity contribution < 1.29 is 4.74 Å². The zero-order chi connectivity index (χ0) is 15.6. The van der Waals surface area contributed by atoms with Crippen LogP contribution in [-0.2, 0) is 6.42 Å². The molecule has 0 amide bonds. The van der Waals surface area contributed by atoms with Gasteiger partial charge in [0.15, 0.2) is 5.65 Å². The number of hydrogen-bond donors (Lipinski definition) is 1. The SMILES string of the molecule is COc1cccc(Cc2nc3cccnc3n2C2CCCN2)c1. The first-order valence-electron chi connectivity index (χ1n) is 8.03. The number of fused-ring (bicyclic) bond motifs is 1. The van der Waals surface area contributed by atoms with Crippen LogP contribution in [0.1, 0.15) is 30.4 Å². The van der Waals surface area contributed by atoms with Crippen LogP contribution in [0.4, 0.5) is 0 Å². The van der Waals surface area contributed by atoms with Crippen LogP contribution in [0, 0.1) is 0 Å². The Balaban J connectivity index is 1.77. The van der Waals surface area contributed by atoms with Gasteiger partial charge in [0.25, 0.3) is 0 Å². The van der Waals surface area contributed by atoms with E-state index in [9.17, 15) is 0 Å². The van der Waals surface area contributed by atoms with E-state index in [-0.39, 0.29) is 6.17 Å². The minimum absolute atomic E-state index is 0.288. The Morgan fingerprint density at radius 1 is 1.30 bits per heavy atom. The van der Waals surface area contributed by atoms with Crippen molar-refractivity contribution in [3.63, 3.8) is 0 Å². The second-order valence-electron chi connectivity index (χ2n) is 5.88. The third kappa shape index (κ3) is 2.68. The maximum Gasteiger partial charge on any atom is 0.161 e. The van der Waals surface area contributed by atoms with Crippen molar-refractivity contribution in [1.29, 1.82) is 0 Å². The third-order valence-corrected chi connectivity index (χ3v) is 4.36. The fourth-order valence-corrected chi connectivity index (χ4v) is 3.28. The average Bonchev–Trinajstić information content (AvgIpc) is 3.21. The summed E-state index contributed by atoms with van der Waals surface area (Å²) in [5.74, 6) is 1.92. The first-order chi connectivity index (χ1) is 11.3. The Hall–Kier alpha value is -2.40. The van der Waals surface area contributed by atoms with Crippen LogP contribution in [-0.4, -0.2) is 28.2 Å². The highest BCUT2D eigenvalue weighted by Crippen LogP contribution is 2.26. The molecule has 5 nitrogen and oxygen atoms in total. The normalized spacial score (nSPS) is 17.7. The lowest BCUT2D eigenvalue weighted by molar-refractivity contribution is 0.414. The van der Waals surface area contributed by atoms with Crippen molar-refractivity contribution in [3.8, 4) is 5.75 Å². The summed E-state index contributed by atoms with van der Waals surface area (Å²) in [4.78, 5) is 9.39. The zero-order valence-electron chi connectivity index (χ0n) is 13.2. The largest absolute Gasteiger partial charge is 0.497 e. The molecule has 1 N–H and O–H groups in total. The van der Waals surface area contributed by atoms with Gasteiger partial charge in [-0.2, -0.15) is 0 Å². The van der Waals surface area contributed by atoms with Crippen LogP contribution < -0.4 is 10.1 Å². The van der Waals surface area contributed by atoms with Crippen molar-refractivity contribution in [2.45, 2.75) is 25.4 Å². The Morgan fingerprint density at radius 3 is 3.09 bits per heavy atom. The summed E-state index contributed by atoms with van der Waals surface area (Å²) in [5.41, 5.74) is 3.11. The van der Waals surface area contributed by atoms with Gasteiger partial charge in [-0.3, -0.25) is 9.88 Å². The van der Waals surface area contributed by atoms with Gasteiger partial charge in [-0.1, -0.05) is 12.1 Å². The van der Waals surface area contributed by atoms with E-state index in [2.05, 4.69) is 27.0 Å². The summed E-state index contributed by atoms with van der Waals surface area (Å²) in [5, 5.41) is 3.56. The molecule has 0 bridgehead atoms. The van der Waals surface area contributed by atoms with Crippen LogP contribution in [0.2, 0.25) is 0 Å². The molecule has 1 atom stereocenters. The lowest BCUT2D eigenvalue weighted by Gasteiger charge is -2.16. The van der Waals surface area contributed by atoms with Crippen LogP contribution in [0.5, 0.6) is 5.75 Å². The molecule has 0 aliphatic carbocycles. The first-order valence-corrected chi connectivity index (χ1v) is 8.03. The molecule has 1 saturated heterocycles. The molecule has 1 fully saturated rings. The predicted octanol–water partition coefficient (Wildman–Crippen LogP) is 2.91. The highest BCUT2D eigenvalue weighted by molar-refractivity contribution is 5.71.